The number of ether oxygens (including phenoxy) is 1. The van der Waals surface area contributed by atoms with Crippen LogP contribution in [0.15, 0.2) is 30.3 Å². The van der Waals surface area contributed by atoms with Gasteiger partial charge in [-0.1, -0.05) is 30.3 Å². The van der Waals surface area contributed by atoms with Crippen LogP contribution < -0.4 is 4.72 Å². The van der Waals surface area contributed by atoms with Crippen molar-refractivity contribution in [1.29, 1.82) is 0 Å². The van der Waals surface area contributed by atoms with E-state index in [1.54, 1.807) is 0 Å². The third kappa shape index (κ3) is 5.12. The van der Waals surface area contributed by atoms with Crippen LogP contribution in [0.1, 0.15) is 38.8 Å². The SMILES string of the molecule is COC(=O)C[C@H](N[S@](=O)C(C)(C)C)c1ccccc1. The molecule has 0 aliphatic rings. The average Bonchev–Trinajstić information content (AvgIpc) is 2.37. The number of benzene rings is 1. The Hall–Kier alpha value is -1.20. The van der Waals surface area contributed by atoms with Gasteiger partial charge in [0.15, 0.2) is 0 Å². The quantitative estimate of drug-likeness (QED) is 0.844. The largest absolute Gasteiger partial charge is 0.469 e. The summed E-state index contributed by atoms with van der Waals surface area (Å²) in [6.45, 7) is 5.66. The van der Waals surface area contributed by atoms with Crippen molar-refractivity contribution in [2.75, 3.05) is 7.11 Å². The Morgan fingerprint density at radius 1 is 1.32 bits per heavy atom. The van der Waals surface area contributed by atoms with Crippen molar-refractivity contribution in [3.05, 3.63) is 35.9 Å². The molecule has 1 rings (SSSR count). The van der Waals surface area contributed by atoms with Gasteiger partial charge in [-0.3, -0.25) is 4.79 Å². The van der Waals surface area contributed by atoms with Crippen LogP contribution in [0.25, 0.3) is 0 Å². The first-order chi connectivity index (χ1) is 8.84. The number of rotatable bonds is 5. The first-order valence-electron chi connectivity index (χ1n) is 6.14. The summed E-state index contributed by atoms with van der Waals surface area (Å²) < 4.78 is 19.5. The molecule has 0 amide bonds. The maximum atomic E-state index is 12.2. The summed E-state index contributed by atoms with van der Waals surface area (Å²) in [7, 11) is 0.108. The predicted octanol–water partition coefficient (Wildman–Crippen LogP) is 2.34. The van der Waals surface area contributed by atoms with Gasteiger partial charge in [-0.15, -0.1) is 0 Å². The van der Waals surface area contributed by atoms with Crippen LogP contribution in [0.4, 0.5) is 0 Å². The van der Waals surface area contributed by atoms with Crippen LogP contribution in [0.3, 0.4) is 0 Å². The fourth-order valence-corrected chi connectivity index (χ4v) is 2.30. The second-order valence-corrected chi connectivity index (χ2v) is 7.24. The van der Waals surface area contributed by atoms with Gasteiger partial charge in [0.2, 0.25) is 0 Å². The summed E-state index contributed by atoms with van der Waals surface area (Å²) >= 11 is 0. The van der Waals surface area contributed by atoms with Crippen LogP contribution >= 0.6 is 0 Å². The zero-order chi connectivity index (χ0) is 14.5. The van der Waals surface area contributed by atoms with Gasteiger partial charge in [-0.05, 0) is 26.3 Å². The van der Waals surface area contributed by atoms with Crippen molar-refractivity contribution in [2.45, 2.75) is 38.0 Å². The van der Waals surface area contributed by atoms with E-state index in [4.69, 9.17) is 4.74 Å². The van der Waals surface area contributed by atoms with Crippen LogP contribution in [-0.2, 0) is 20.5 Å². The number of nitrogens with one attached hydrogen (secondary N) is 1. The molecule has 5 heteroatoms. The van der Waals surface area contributed by atoms with Gasteiger partial charge in [0.05, 0.1) is 35.3 Å². The number of carbonyl (C=O) groups excluding carboxylic acids is 1. The minimum atomic E-state index is -1.24. The normalized spacial score (nSPS) is 14.7. The molecule has 19 heavy (non-hydrogen) atoms. The summed E-state index contributed by atoms with van der Waals surface area (Å²) in [5.74, 6) is -0.327. The number of methoxy groups -OCH3 is 1. The van der Waals surface area contributed by atoms with E-state index in [0.717, 1.165) is 5.56 Å². The molecule has 2 atom stereocenters. The number of hydrogen-bond donors (Lipinski definition) is 1. The van der Waals surface area contributed by atoms with Gasteiger partial charge < -0.3 is 4.74 Å². The van der Waals surface area contributed by atoms with E-state index in [1.807, 2.05) is 51.1 Å². The van der Waals surface area contributed by atoms with Crippen molar-refractivity contribution < 1.29 is 13.7 Å². The molecule has 0 aromatic heterocycles. The molecule has 0 aliphatic heterocycles. The van der Waals surface area contributed by atoms with E-state index >= 15 is 0 Å². The number of hydrogen-bond acceptors (Lipinski definition) is 3. The lowest BCUT2D eigenvalue weighted by Gasteiger charge is -2.24. The van der Waals surface area contributed by atoms with Gasteiger partial charge in [0.1, 0.15) is 0 Å². The number of esters is 1. The fraction of sp³-hybridized carbons (Fsp3) is 0.500. The Bertz CT molecular complexity index is 440. The lowest BCUT2D eigenvalue weighted by Crippen LogP contribution is -2.36. The first kappa shape index (κ1) is 15.9. The Labute approximate surface area is 117 Å². The Balaban J connectivity index is 2.88. The molecule has 106 valence electrons. The molecular formula is C14H21NO3S. The minimum absolute atomic E-state index is 0.155. The summed E-state index contributed by atoms with van der Waals surface area (Å²) in [5, 5.41) is 0. The topological polar surface area (TPSA) is 55.4 Å². The second kappa shape index (κ2) is 6.82. The standard InChI is InChI=1S/C14H21NO3S/c1-14(2,3)19(17)15-12(10-13(16)18-4)11-8-6-5-7-9-11/h5-9,12,15H,10H2,1-4H3/t12-,19+/m0/s1. The highest BCUT2D eigenvalue weighted by molar-refractivity contribution is 7.84. The summed E-state index contributed by atoms with van der Waals surface area (Å²) in [4.78, 5) is 11.5. The molecule has 4 nitrogen and oxygen atoms in total. The molecule has 0 fully saturated rings. The van der Waals surface area contributed by atoms with Gasteiger partial charge in [-0.2, -0.15) is 0 Å². The van der Waals surface area contributed by atoms with Gasteiger partial charge >= 0.3 is 5.97 Å². The van der Waals surface area contributed by atoms with Gasteiger partial charge in [-0.25, -0.2) is 8.93 Å². The van der Waals surface area contributed by atoms with E-state index < -0.39 is 11.0 Å². The molecule has 0 bridgehead atoms. The Kier molecular flexibility index (Phi) is 5.69. The Morgan fingerprint density at radius 3 is 2.37 bits per heavy atom. The summed E-state index contributed by atoms with van der Waals surface area (Å²) in [6.07, 6.45) is 0.155. The zero-order valence-electron chi connectivity index (χ0n) is 11.8. The molecule has 0 unspecified atom stereocenters. The fourth-order valence-electron chi connectivity index (χ4n) is 1.47. The third-order valence-corrected chi connectivity index (χ3v) is 4.22. The first-order valence-corrected chi connectivity index (χ1v) is 7.29. The van der Waals surface area contributed by atoms with Gasteiger partial charge in [0.25, 0.3) is 0 Å². The predicted molar refractivity (Wildman–Crippen MR) is 76.8 cm³/mol. The number of carbonyl (C=O) groups is 1. The summed E-state index contributed by atoms with van der Waals surface area (Å²) in [5.41, 5.74) is 0.922. The average molecular weight is 283 g/mol. The molecule has 0 spiro atoms. The van der Waals surface area contributed by atoms with E-state index in [1.165, 1.54) is 7.11 Å². The Morgan fingerprint density at radius 2 is 1.89 bits per heavy atom. The minimum Gasteiger partial charge on any atom is -0.469 e. The smallest absolute Gasteiger partial charge is 0.307 e. The third-order valence-electron chi connectivity index (χ3n) is 2.61. The molecule has 1 N–H and O–H groups in total. The lowest BCUT2D eigenvalue weighted by atomic mass is 10.1. The maximum absolute atomic E-state index is 12.2. The van der Waals surface area contributed by atoms with Crippen molar-refractivity contribution in [2.24, 2.45) is 0 Å². The van der Waals surface area contributed by atoms with Crippen LogP contribution in [0, 0.1) is 0 Å². The molecular weight excluding hydrogens is 262 g/mol. The molecule has 0 heterocycles. The summed E-state index contributed by atoms with van der Waals surface area (Å²) in [6, 6.07) is 9.18. The van der Waals surface area contributed by atoms with Crippen molar-refractivity contribution in [3.63, 3.8) is 0 Å². The van der Waals surface area contributed by atoms with Gasteiger partial charge in [0, 0.05) is 0 Å². The monoisotopic (exact) mass is 283 g/mol. The molecule has 0 saturated heterocycles. The zero-order valence-corrected chi connectivity index (χ0v) is 12.6. The van der Waals surface area contributed by atoms with Crippen molar-refractivity contribution in [1.82, 2.24) is 4.72 Å². The van der Waals surface area contributed by atoms with Crippen LogP contribution in [-0.4, -0.2) is 22.0 Å². The molecule has 1 aromatic rings. The highest BCUT2D eigenvalue weighted by atomic mass is 32.2. The highest BCUT2D eigenvalue weighted by Crippen LogP contribution is 2.20. The van der Waals surface area contributed by atoms with Crippen molar-refractivity contribution >= 4 is 17.0 Å². The molecule has 0 aliphatic carbocycles. The van der Waals surface area contributed by atoms with E-state index in [9.17, 15) is 9.00 Å². The van der Waals surface area contributed by atoms with E-state index in [-0.39, 0.29) is 23.2 Å². The molecule has 0 radical (unpaired) electrons. The second-order valence-electron chi connectivity index (χ2n) is 5.24. The van der Waals surface area contributed by atoms with E-state index in [0.29, 0.717) is 0 Å². The molecule has 0 saturated carbocycles. The van der Waals surface area contributed by atoms with E-state index in [2.05, 4.69) is 4.72 Å². The maximum Gasteiger partial charge on any atom is 0.307 e. The van der Waals surface area contributed by atoms with Crippen molar-refractivity contribution in [3.8, 4) is 0 Å². The lowest BCUT2D eigenvalue weighted by molar-refractivity contribution is -0.141. The molecule has 1 aromatic carbocycles. The van der Waals surface area contributed by atoms with Crippen LogP contribution in [0.2, 0.25) is 0 Å². The van der Waals surface area contributed by atoms with Crippen LogP contribution in [0.5, 0.6) is 0 Å². The highest BCUT2D eigenvalue weighted by Gasteiger charge is 2.25.